The van der Waals surface area contributed by atoms with E-state index in [4.69, 9.17) is 9.16 Å². The Balaban J connectivity index is 4.17. The van der Waals surface area contributed by atoms with E-state index in [1.165, 1.54) is 6.26 Å². The van der Waals surface area contributed by atoms with Gasteiger partial charge in [-0.15, -0.1) is 0 Å². The largest absolute Gasteiger partial charge is 0.517 e. The molecular weight excluding hydrogens is 208 g/mol. The molecule has 15 heavy (non-hydrogen) atoms. The Kier molecular flexibility index (Phi) is 5.07. The minimum atomic E-state index is -1.98. The minimum absolute atomic E-state index is 0.00313. The number of allylic oxidation sites excluding steroid dienone is 1. The average Bonchev–Trinajstić information content (AvgIpc) is 2.01. The van der Waals surface area contributed by atoms with Gasteiger partial charge in [-0.1, -0.05) is 26.8 Å². The third-order valence-electron chi connectivity index (χ3n) is 2.61. The molecule has 3 nitrogen and oxygen atoms in total. The van der Waals surface area contributed by atoms with Crippen LogP contribution in [0.3, 0.4) is 0 Å². The van der Waals surface area contributed by atoms with Crippen molar-refractivity contribution in [1.82, 2.24) is 0 Å². The van der Waals surface area contributed by atoms with Gasteiger partial charge in [-0.25, -0.2) is 4.79 Å². The van der Waals surface area contributed by atoms with E-state index in [0.717, 1.165) is 0 Å². The van der Waals surface area contributed by atoms with Crippen molar-refractivity contribution < 1.29 is 14.0 Å². The molecule has 0 radical (unpaired) electrons. The van der Waals surface area contributed by atoms with Crippen molar-refractivity contribution in [3.05, 3.63) is 12.3 Å². The number of carbonyl (C=O) groups is 1. The standard InChI is InChI=1S/C11H22O3Si/c1-7-8-13-9-10(12)14-15(5,6)11(2,3)4/h7-8H,9H2,1-6H3/b8-7-. The molecule has 0 atom stereocenters. The lowest BCUT2D eigenvalue weighted by Crippen LogP contribution is -2.43. The molecule has 0 spiro atoms. The van der Waals surface area contributed by atoms with Crippen LogP contribution >= 0.6 is 0 Å². The summed E-state index contributed by atoms with van der Waals surface area (Å²) in [7, 11) is -1.98. The summed E-state index contributed by atoms with van der Waals surface area (Å²) in [6.45, 7) is 12.2. The first-order valence-electron chi connectivity index (χ1n) is 5.15. The minimum Gasteiger partial charge on any atom is -0.517 e. The predicted molar refractivity (Wildman–Crippen MR) is 64.1 cm³/mol. The molecule has 0 rings (SSSR count). The molecule has 0 unspecified atom stereocenters. The fourth-order valence-corrected chi connectivity index (χ4v) is 1.61. The molecule has 0 aromatic heterocycles. The molecule has 0 aliphatic rings. The van der Waals surface area contributed by atoms with Crippen LogP contribution < -0.4 is 0 Å². The summed E-state index contributed by atoms with van der Waals surface area (Å²) in [5.41, 5.74) is 0. The summed E-state index contributed by atoms with van der Waals surface area (Å²) in [6, 6.07) is 0. The van der Waals surface area contributed by atoms with Gasteiger partial charge in [0.05, 0.1) is 6.26 Å². The molecule has 0 fully saturated rings. The molecular formula is C11H22O3Si. The topological polar surface area (TPSA) is 35.5 Å². The summed E-state index contributed by atoms with van der Waals surface area (Å²) in [4.78, 5) is 11.4. The van der Waals surface area contributed by atoms with Gasteiger partial charge in [-0.05, 0) is 25.1 Å². The number of ether oxygens (including phenoxy) is 1. The van der Waals surface area contributed by atoms with E-state index in [1.54, 1.807) is 6.08 Å². The van der Waals surface area contributed by atoms with Gasteiger partial charge in [0.25, 0.3) is 8.32 Å². The van der Waals surface area contributed by atoms with Crippen molar-refractivity contribution in [2.75, 3.05) is 6.61 Å². The van der Waals surface area contributed by atoms with Crippen molar-refractivity contribution in [1.29, 1.82) is 0 Å². The fourth-order valence-electron chi connectivity index (χ4n) is 0.680. The Hall–Kier alpha value is -0.773. The van der Waals surface area contributed by atoms with Crippen molar-refractivity contribution in [2.45, 2.75) is 45.8 Å². The Morgan fingerprint density at radius 1 is 1.33 bits per heavy atom. The number of hydrogen-bond donors (Lipinski definition) is 0. The van der Waals surface area contributed by atoms with E-state index in [-0.39, 0.29) is 17.6 Å². The van der Waals surface area contributed by atoms with Crippen LogP contribution in [0.1, 0.15) is 27.7 Å². The lowest BCUT2D eigenvalue weighted by molar-refractivity contribution is -0.138. The van der Waals surface area contributed by atoms with E-state index in [0.29, 0.717) is 0 Å². The number of carbonyl (C=O) groups excluding carboxylic acids is 1. The Bertz CT molecular complexity index is 239. The fraction of sp³-hybridized carbons (Fsp3) is 0.727. The maximum Gasteiger partial charge on any atom is 0.330 e. The van der Waals surface area contributed by atoms with Crippen LogP contribution in [-0.2, 0) is 14.0 Å². The molecule has 0 saturated carbocycles. The monoisotopic (exact) mass is 230 g/mol. The van der Waals surface area contributed by atoms with E-state index in [9.17, 15) is 4.79 Å². The van der Waals surface area contributed by atoms with Crippen molar-refractivity contribution in [3.63, 3.8) is 0 Å². The molecule has 0 bridgehead atoms. The zero-order valence-electron chi connectivity index (χ0n) is 10.6. The van der Waals surface area contributed by atoms with Gasteiger partial charge >= 0.3 is 5.97 Å². The first-order valence-corrected chi connectivity index (χ1v) is 8.06. The first-order chi connectivity index (χ1) is 6.70. The van der Waals surface area contributed by atoms with Crippen LogP contribution in [0, 0.1) is 0 Å². The van der Waals surface area contributed by atoms with E-state index >= 15 is 0 Å². The summed E-state index contributed by atoms with van der Waals surface area (Å²) in [5.74, 6) is -0.278. The van der Waals surface area contributed by atoms with Crippen LogP contribution in [0.15, 0.2) is 12.3 Å². The smallest absolute Gasteiger partial charge is 0.330 e. The van der Waals surface area contributed by atoms with Gasteiger partial charge < -0.3 is 9.16 Å². The Labute approximate surface area is 93.6 Å². The lowest BCUT2D eigenvalue weighted by atomic mass is 10.2. The quantitative estimate of drug-likeness (QED) is 0.550. The van der Waals surface area contributed by atoms with Crippen LogP contribution in [0.4, 0.5) is 0 Å². The second kappa shape index (κ2) is 5.35. The van der Waals surface area contributed by atoms with Gasteiger partial charge in [0.1, 0.15) is 0 Å². The second-order valence-corrected chi connectivity index (χ2v) is 9.74. The maximum atomic E-state index is 11.4. The molecule has 4 heteroatoms. The molecule has 0 aliphatic carbocycles. The van der Waals surface area contributed by atoms with Gasteiger partial charge in [0.15, 0.2) is 6.61 Å². The lowest BCUT2D eigenvalue weighted by Gasteiger charge is -2.35. The van der Waals surface area contributed by atoms with E-state index in [1.807, 2.05) is 20.0 Å². The molecule has 0 heterocycles. The molecule has 0 aromatic rings. The van der Waals surface area contributed by atoms with Crippen LogP contribution in [0.5, 0.6) is 0 Å². The zero-order valence-corrected chi connectivity index (χ0v) is 11.6. The van der Waals surface area contributed by atoms with Gasteiger partial charge in [-0.3, -0.25) is 0 Å². The maximum absolute atomic E-state index is 11.4. The SMILES string of the molecule is C/C=C\OCC(=O)O[Si](C)(C)C(C)(C)C. The highest BCUT2D eigenvalue weighted by Gasteiger charge is 2.40. The van der Waals surface area contributed by atoms with Gasteiger partial charge in [0.2, 0.25) is 0 Å². The second-order valence-electron chi connectivity index (χ2n) is 5.01. The zero-order chi connectivity index (χ0) is 12.1. The third-order valence-corrected chi connectivity index (χ3v) is 6.96. The molecule has 0 saturated heterocycles. The van der Waals surface area contributed by atoms with Crippen molar-refractivity contribution >= 4 is 14.3 Å². The van der Waals surface area contributed by atoms with Crippen LogP contribution in [0.25, 0.3) is 0 Å². The molecule has 0 N–H and O–H groups in total. The Morgan fingerprint density at radius 2 is 1.87 bits per heavy atom. The highest BCUT2D eigenvalue weighted by atomic mass is 28.4. The molecule has 0 amide bonds. The number of rotatable bonds is 4. The van der Waals surface area contributed by atoms with Crippen molar-refractivity contribution in [2.24, 2.45) is 0 Å². The van der Waals surface area contributed by atoms with Gasteiger partial charge in [-0.2, -0.15) is 0 Å². The number of hydrogen-bond acceptors (Lipinski definition) is 3. The molecule has 0 aromatic carbocycles. The van der Waals surface area contributed by atoms with Gasteiger partial charge in [0, 0.05) is 0 Å². The normalized spacial score (nSPS) is 12.9. The van der Waals surface area contributed by atoms with Crippen molar-refractivity contribution in [3.8, 4) is 0 Å². The summed E-state index contributed by atoms with van der Waals surface area (Å²) < 4.78 is 10.5. The average molecular weight is 230 g/mol. The highest BCUT2D eigenvalue weighted by Crippen LogP contribution is 2.36. The summed E-state index contributed by atoms with van der Waals surface area (Å²) in [6.07, 6.45) is 3.23. The Morgan fingerprint density at radius 3 is 2.27 bits per heavy atom. The van der Waals surface area contributed by atoms with Crippen LogP contribution in [-0.4, -0.2) is 20.9 Å². The third kappa shape index (κ3) is 5.02. The molecule has 88 valence electrons. The summed E-state index contributed by atoms with van der Waals surface area (Å²) >= 11 is 0. The summed E-state index contributed by atoms with van der Waals surface area (Å²) in [5, 5.41) is 0.0449. The predicted octanol–water partition coefficient (Wildman–Crippen LogP) is 3.09. The van der Waals surface area contributed by atoms with E-state index in [2.05, 4.69) is 20.8 Å². The van der Waals surface area contributed by atoms with E-state index < -0.39 is 8.32 Å². The highest BCUT2D eigenvalue weighted by molar-refractivity contribution is 6.75. The van der Waals surface area contributed by atoms with Crippen LogP contribution in [0.2, 0.25) is 18.1 Å². The molecule has 0 aliphatic heterocycles. The first kappa shape index (κ1) is 14.2.